The monoisotopic (exact) mass is 344 g/mol. The van der Waals surface area contributed by atoms with E-state index in [2.05, 4.69) is 0 Å². The molecular formula is C15H11Cl3O3. The molecule has 2 rings (SSSR count). The van der Waals surface area contributed by atoms with Gasteiger partial charge in [-0.15, -0.1) is 0 Å². The number of hydrogen-bond acceptors (Lipinski definition) is 2. The highest BCUT2D eigenvalue weighted by atomic mass is 35.5. The van der Waals surface area contributed by atoms with E-state index in [1.807, 2.05) is 0 Å². The van der Waals surface area contributed by atoms with E-state index < -0.39 is 12.1 Å². The third kappa shape index (κ3) is 4.53. The van der Waals surface area contributed by atoms with Gasteiger partial charge in [0.25, 0.3) is 0 Å². The highest BCUT2D eigenvalue weighted by molar-refractivity contribution is 6.34. The number of benzene rings is 2. The van der Waals surface area contributed by atoms with E-state index in [0.29, 0.717) is 26.4 Å². The molecule has 6 heteroatoms. The summed E-state index contributed by atoms with van der Waals surface area (Å²) in [5.41, 5.74) is 0.673. The van der Waals surface area contributed by atoms with Gasteiger partial charge in [-0.25, -0.2) is 4.79 Å². The number of para-hydroxylation sites is 1. The molecule has 0 fully saturated rings. The van der Waals surface area contributed by atoms with Crippen LogP contribution >= 0.6 is 34.8 Å². The zero-order valence-electron chi connectivity index (χ0n) is 10.7. The summed E-state index contributed by atoms with van der Waals surface area (Å²) in [5.74, 6) is -0.772. The van der Waals surface area contributed by atoms with Crippen molar-refractivity contribution in [1.82, 2.24) is 0 Å². The van der Waals surface area contributed by atoms with Crippen LogP contribution in [0, 0.1) is 0 Å². The van der Waals surface area contributed by atoms with Crippen molar-refractivity contribution < 1.29 is 14.6 Å². The largest absolute Gasteiger partial charge is 0.478 e. The fourth-order valence-electron chi connectivity index (χ4n) is 1.82. The summed E-state index contributed by atoms with van der Waals surface area (Å²) < 4.78 is 5.47. The van der Waals surface area contributed by atoms with Gasteiger partial charge >= 0.3 is 5.97 Å². The van der Waals surface area contributed by atoms with Gasteiger partial charge in [0.1, 0.15) is 5.75 Å². The van der Waals surface area contributed by atoms with Crippen LogP contribution in [0.2, 0.25) is 15.1 Å². The first-order valence-electron chi connectivity index (χ1n) is 6.04. The minimum Gasteiger partial charge on any atom is -0.478 e. The van der Waals surface area contributed by atoms with Crippen LogP contribution in [-0.4, -0.2) is 17.2 Å². The Bertz CT molecular complexity index is 638. The van der Waals surface area contributed by atoms with Gasteiger partial charge in [0.2, 0.25) is 0 Å². The van der Waals surface area contributed by atoms with Crippen LogP contribution in [0.4, 0.5) is 0 Å². The number of carboxylic acids is 1. The molecule has 0 saturated carbocycles. The smallest absolute Gasteiger partial charge is 0.345 e. The summed E-state index contributed by atoms with van der Waals surface area (Å²) >= 11 is 17.8. The van der Waals surface area contributed by atoms with Crippen molar-refractivity contribution in [2.75, 3.05) is 0 Å². The molecule has 0 unspecified atom stereocenters. The molecule has 110 valence electrons. The van der Waals surface area contributed by atoms with Gasteiger partial charge in [-0.3, -0.25) is 0 Å². The predicted octanol–water partition coefficient (Wildman–Crippen LogP) is 4.72. The summed E-state index contributed by atoms with van der Waals surface area (Å²) in [4.78, 5) is 11.4. The van der Waals surface area contributed by atoms with E-state index in [1.165, 1.54) is 0 Å². The third-order valence-electron chi connectivity index (χ3n) is 2.72. The Morgan fingerprint density at radius 1 is 1.10 bits per heavy atom. The summed E-state index contributed by atoms with van der Waals surface area (Å²) in [6.07, 6.45) is -0.958. The normalized spacial score (nSPS) is 12.0. The van der Waals surface area contributed by atoms with Crippen molar-refractivity contribution in [2.24, 2.45) is 0 Å². The van der Waals surface area contributed by atoms with Gasteiger partial charge in [-0.05, 0) is 35.9 Å². The lowest BCUT2D eigenvalue weighted by molar-refractivity contribution is -0.145. The Labute approximate surface area is 137 Å². The molecule has 2 aromatic carbocycles. The van der Waals surface area contributed by atoms with E-state index in [9.17, 15) is 9.90 Å². The van der Waals surface area contributed by atoms with E-state index in [-0.39, 0.29) is 6.42 Å². The Morgan fingerprint density at radius 3 is 2.29 bits per heavy atom. The quantitative estimate of drug-likeness (QED) is 0.852. The molecule has 2 aromatic rings. The molecule has 0 amide bonds. The topological polar surface area (TPSA) is 46.5 Å². The summed E-state index contributed by atoms with van der Waals surface area (Å²) in [7, 11) is 0. The summed E-state index contributed by atoms with van der Waals surface area (Å²) in [5, 5.41) is 10.5. The van der Waals surface area contributed by atoms with Gasteiger partial charge < -0.3 is 9.84 Å². The molecule has 0 aliphatic carbocycles. The number of halogens is 3. The molecule has 1 atom stereocenters. The molecule has 21 heavy (non-hydrogen) atoms. The molecule has 0 aromatic heterocycles. The predicted molar refractivity (Wildman–Crippen MR) is 83.7 cm³/mol. The van der Waals surface area contributed by atoms with Gasteiger partial charge in [0.15, 0.2) is 6.10 Å². The second kappa shape index (κ2) is 7.03. The Balaban J connectivity index is 2.20. The van der Waals surface area contributed by atoms with E-state index >= 15 is 0 Å². The highest BCUT2D eigenvalue weighted by Crippen LogP contribution is 2.26. The van der Waals surface area contributed by atoms with Crippen LogP contribution in [-0.2, 0) is 11.2 Å². The van der Waals surface area contributed by atoms with Crippen LogP contribution in [0.25, 0.3) is 0 Å². The minimum absolute atomic E-state index is 0.126. The third-order valence-corrected chi connectivity index (χ3v) is 3.47. The highest BCUT2D eigenvalue weighted by Gasteiger charge is 2.21. The van der Waals surface area contributed by atoms with Crippen molar-refractivity contribution in [3.05, 3.63) is 63.1 Å². The average Bonchev–Trinajstić information content (AvgIpc) is 2.39. The molecule has 0 spiro atoms. The first-order chi connectivity index (χ1) is 9.95. The number of carboxylic acid groups (broad SMARTS) is 1. The zero-order valence-corrected chi connectivity index (χ0v) is 13.0. The molecule has 0 radical (unpaired) electrons. The Kier molecular flexibility index (Phi) is 5.34. The van der Waals surface area contributed by atoms with Crippen LogP contribution in [0.5, 0.6) is 5.75 Å². The first kappa shape index (κ1) is 16.0. The number of hydrogen-bond donors (Lipinski definition) is 1. The second-order valence-corrected chi connectivity index (χ2v) is 5.64. The Morgan fingerprint density at radius 2 is 1.71 bits per heavy atom. The summed E-state index contributed by atoms with van der Waals surface area (Å²) in [6.45, 7) is 0. The standard InChI is InChI=1S/C15H11Cl3O3/c16-10-5-9(6-11(17)8-10)7-14(15(19)20)21-13-4-2-1-3-12(13)18/h1-6,8,14H,7H2,(H,19,20)/t14-/m0/s1. The first-order valence-corrected chi connectivity index (χ1v) is 7.18. The van der Waals surface area contributed by atoms with Crippen molar-refractivity contribution in [1.29, 1.82) is 0 Å². The maximum atomic E-state index is 11.4. The van der Waals surface area contributed by atoms with Crippen molar-refractivity contribution in [2.45, 2.75) is 12.5 Å². The molecule has 0 aliphatic heterocycles. The number of rotatable bonds is 5. The molecule has 0 saturated heterocycles. The molecule has 3 nitrogen and oxygen atoms in total. The Hall–Kier alpha value is -1.42. The maximum Gasteiger partial charge on any atom is 0.345 e. The summed E-state index contributed by atoms with van der Waals surface area (Å²) in [6, 6.07) is 11.6. The lowest BCUT2D eigenvalue weighted by atomic mass is 10.1. The lowest BCUT2D eigenvalue weighted by Gasteiger charge is -2.16. The van der Waals surface area contributed by atoms with Crippen LogP contribution in [0.1, 0.15) is 5.56 Å². The fraction of sp³-hybridized carbons (Fsp3) is 0.133. The van der Waals surface area contributed by atoms with Crippen molar-refractivity contribution in [3.63, 3.8) is 0 Å². The molecule has 1 N–H and O–H groups in total. The molecule has 0 heterocycles. The van der Waals surface area contributed by atoms with E-state index in [0.717, 1.165) is 0 Å². The minimum atomic E-state index is -1.09. The van der Waals surface area contributed by atoms with E-state index in [4.69, 9.17) is 39.5 Å². The van der Waals surface area contributed by atoms with Gasteiger partial charge in [-0.1, -0.05) is 46.9 Å². The van der Waals surface area contributed by atoms with Crippen molar-refractivity contribution in [3.8, 4) is 5.75 Å². The fourth-order valence-corrected chi connectivity index (χ4v) is 2.57. The number of carbonyl (C=O) groups is 1. The number of ether oxygens (including phenoxy) is 1. The van der Waals surface area contributed by atoms with Crippen molar-refractivity contribution >= 4 is 40.8 Å². The zero-order chi connectivity index (χ0) is 15.4. The number of aliphatic carboxylic acids is 1. The molecular weight excluding hydrogens is 335 g/mol. The van der Waals surface area contributed by atoms with Crippen LogP contribution in [0.3, 0.4) is 0 Å². The second-order valence-electron chi connectivity index (χ2n) is 4.36. The average molecular weight is 346 g/mol. The van der Waals surface area contributed by atoms with Gasteiger partial charge in [0, 0.05) is 16.5 Å². The molecule has 0 bridgehead atoms. The SMILES string of the molecule is O=C(O)[C@H](Cc1cc(Cl)cc(Cl)c1)Oc1ccccc1Cl. The van der Waals surface area contributed by atoms with Gasteiger partial charge in [0.05, 0.1) is 5.02 Å². The van der Waals surface area contributed by atoms with Crippen LogP contribution in [0.15, 0.2) is 42.5 Å². The lowest BCUT2D eigenvalue weighted by Crippen LogP contribution is -2.29. The van der Waals surface area contributed by atoms with Gasteiger partial charge in [-0.2, -0.15) is 0 Å². The van der Waals surface area contributed by atoms with E-state index in [1.54, 1.807) is 42.5 Å². The molecule has 0 aliphatic rings. The maximum absolute atomic E-state index is 11.4. The van der Waals surface area contributed by atoms with Crippen LogP contribution < -0.4 is 4.74 Å².